The summed E-state index contributed by atoms with van der Waals surface area (Å²) in [6.07, 6.45) is 3.25. The Morgan fingerprint density at radius 2 is 2.22 bits per heavy atom. The number of rotatable bonds is 4. The van der Waals surface area contributed by atoms with Gasteiger partial charge in [-0.2, -0.15) is 0 Å². The number of nitrogens with zero attached hydrogens (tertiary/aromatic N) is 3. The Kier molecular flexibility index (Phi) is 4.43. The zero-order valence-electron chi connectivity index (χ0n) is 13.2. The van der Waals surface area contributed by atoms with E-state index in [-0.39, 0.29) is 24.1 Å². The molecule has 1 aromatic heterocycles. The molecule has 0 saturated carbocycles. The molecule has 1 amide bonds. The molecule has 6 heteroatoms. The molecule has 2 aromatic rings. The number of hydrogen-bond donors (Lipinski definition) is 1. The van der Waals surface area contributed by atoms with Gasteiger partial charge >= 0.3 is 0 Å². The molecule has 0 aliphatic carbocycles. The largest absolute Gasteiger partial charge is 0.393 e. The van der Waals surface area contributed by atoms with E-state index in [1.807, 2.05) is 18.2 Å². The van der Waals surface area contributed by atoms with Crippen molar-refractivity contribution < 1.29 is 9.90 Å². The van der Waals surface area contributed by atoms with E-state index >= 15 is 0 Å². The highest BCUT2D eigenvalue weighted by molar-refractivity contribution is 5.80. The number of carbonyl (C=O) groups is 1. The molecule has 2 atom stereocenters. The summed E-state index contributed by atoms with van der Waals surface area (Å²) in [4.78, 5) is 30.7. The first kappa shape index (κ1) is 15.7. The van der Waals surface area contributed by atoms with Crippen molar-refractivity contribution in [1.29, 1.82) is 0 Å². The first-order valence-electron chi connectivity index (χ1n) is 7.98. The summed E-state index contributed by atoms with van der Waals surface area (Å²) in [5, 5.41) is 9.59. The number of likely N-dealkylation sites (tertiary alicyclic amines) is 1. The predicted molar refractivity (Wildman–Crippen MR) is 87.0 cm³/mol. The van der Waals surface area contributed by atoms with Crippen LogP contribution >= 0.6 is 0 Å². The van der Waals surface area contributed by atoms with Gasteiger partial charge in [0.2, 0.25) is 5.91 Å². The fraction of sp³-hybridized carbons (Fsp3) is 0.471. The molecule has 23 heavy (non-hydrogen) atoms. The van der Waals surface area contributed by atoms with Gasteiger partial charge < -0.3 is 10.0 Å². The van der Waals surface area contributed by atoms with Gasteiger partial charge in [-0.25, -0.2) is 4.98 Å². The van der Waals surface area contributed by atoms with Crippen LogP contribution in [0.2, 0.25) is 0 Å². The Balaban J connectivity index is 1.86. The quantitative estimate of drug-likeness (QED) is 0.918. The lowest BCUT2D eigenvalue weighted by atomic mass is 10.1. The van der Waals surface area contributed by atoms with E-state index in [9.17, 15) is 14.7 Å². The minimum Gasteiger partial charge on any atom is -0.393 e. The van der Waals surface area contributed by atoms with E-state index in [4.69, 9.17) is 0 Å². The highest BCUT2D eigenvalue weighted by Gasteiger charge is 2.29. The molecule has 1 fully saturated rings. The minimum absolute atomic E-state index is 0.0121. The van der Waals surface area contributed by atoms with Crippen LogP contribution in [0.15, 0.2) is 35.3 Å². The van der Waals surface area contributed by atoms with Crippen molar-refractivity contribution >= 4 is 16.9 Å². The van der Waals surface area contributed by atoms with E-state index in [1.165, 1.54) is 10.8 Å². The molecule has 1 aromatic carbocycles. The third kappa shape index (κ3) is 3.27. The Hall–Kier alpha value is -2.21. The van der Waals surface area contributed by atoms with Gasteiger partial charge in [0.25, 0.3) is 5.56 Å². The lowest BCUT2D eigenvalue weighted by Crippen LogP contribution is -2.40. The van der Waals surface area contributed by atoms with Crippen molar-refractivity contribution in [2.75, 3.05) is 6.54 Å². The molecule has 2 heterocycles. The normalized spacial score (nSPS) is 19.2. The minimum atomic E-state index is -0.433. The van der Waals surface area contributed by atoms with E-state index in [0.29, 0.717) is 24.0 Å². The van der Waals surface area contributed by atoms with E-state index in [0.717, 1.165) is 12.8 Å². The van der Waals surface area contributed by atoms with Gasteiger partial charge in [0.1, 0.15) is 6.54 Å². The summed E-state index contributed by atoms with van der Waals surface area (Å²) in [6.45, 7) is 2.44. The summed E-state index contributed by atoms with van der Waals surface area (Å²) in [5.41, 5.74) is 1.09. The molecule has 6 nitrogen and oxygen atoms in total. The Morgan fingerprint density at radius 3 is 3.00 bits per heavy atom. The topological polar surface area (TPSA) is 75.4 Å². The average molecular weight is 315 g/mol. The maximum Gasteiger partial charge on any atom is 0.269 e. The summed E-state index contributed by atoms with van der Waals surface area (Å²) >= 11 is 0. The van der Waals surface area contributed by atoms with Crippen molar-refractivity contribution in [3.63, 3.8) is 0 Å². The van der Waals surface area contributed by atoms with Crippen LogP contribution in [0.1, 0.15) is 26.2 Å². The fourth-order valence-electron chi connectivity index (χ4n) is 3.31. The van der Waals surface area contributed by atoms with Gasteiger partial charge in [-0.15, -0.1) is 0 Å². The second-order valence-corrected chi connectivity index (χ2v) is 6.14. The van der Waals surface area contributed by atoms with E-state index in [2.05, 4.69) is 4.98 Å². The van der Waals surface area contributed by atoms with Gasteiger partial charge in [0.15, 0.2) is 0 Å². The maximum atomic E-state index is 12.7. The SMILES string of the molecule is CC(O)CC1CCCN1C(=O)Cn1c(=O)cnc2ccccc21. The molecule has 3 rings (SSSR count). The van der Waals surface area contributed by atoms with Crippen LogP contribution in [-0.4, -0.2) is 44.2 Å². The predicted octanol–water partition coefficient (Wildman–Crippen LogP) is 1.16. The number of aliphatic hydroxyl groups excluding tert-OH is 1. The molecule has 0 radical (unpaired) electrons. The summed E-state index contributed by atoms with van der Waals surface area (Å²) in [6, 6.07) is 7.36. The second kappa shape index (κ2) is 6.50. The highest BCUT2D eigenvalue weighted by Crippen LogP contribution is 2.22. The molecule has 122 valence electrons. The van der Waals surface area contributed by atoms with E-state index < -0.39 is 6.10 Å². The highest BCUT2D eigenvalue weighted by atomic mass is 16.3. The number of aliphatic hydroxyl groups is 1. The third-order valence-electron chi connectivity index (χ3n) is 4.36. The molecule has 1 aliphatic rings. The molecule has 1 saturated heterocycles. The lowest BCUT2D eigenvalue weighted by molar-refractivity contribution is -0.133. The van der Waals surface area contributed by atoms with Crippen LogP contribution in [0, 0.1) is 0 Å². The number of aromatic nitrogens is 2. The van der Waals surface area contributed by atoms with Crippen molar-refractivity contribution in [3.05, 3.63) is 40.8 Å². The zero-order valence-corrected chi connectivity index (χ0v) is 13.2. The van der Waals surface area contributed by atoms with Crippen molar-refractivity contribution in [2.45, 2.75) is 44.9 Å². The summed E-state index contributed by atoms with van der Waals surface area (Å²) in [7, 11) is 0. The smallest absolute Gasteiger partial charge is 0.269 e. The third-order valence-corrected chi connectivity index (χ3v) is 4.36. The number of hydrogen-bond acceptors (Lipinski definition) is 4. The molecule has 0 spiro atoms. The van der Waals surface area contributed by atoms with Crippen molar-refractivity contribution in [3.8, 4) is 0 Å². The van der Waals surface area contributed by atoms with Crippen LogP contribution in [0.5, 0.6) is 0 Å². The average Bonchev–Trinajstić information content (AvgIpc) is 2.97. The first-order valence-corrected chi connectivity index (χ1v) is 7.98. The first-order chi connectivity index (χ1) is 11.1. The van der Waals surface area contributed by atoms with Gasteiger partial charge in [-0.3, -0.25) is 14.2 Å². The van der Waals surface area contributed by atoms with Gasteiger partial charge in [-0.1, -0.05) is 12.1 Å². The van der Waals surface area contributed by atoms with Crippen LogP contribution in [-0.2, 0) is 11.3 Å². The molecular weight excluding hydrogens is 294 g/mol. The van der Waals surface area contributed by atoms with Gasteiger partial charge in [-0.05, 0) is 38.3 Å². The summed E-state index contributed by atoms with van der Waals surface area (Å²) < 4.78 is 1.47. The monoisotopic (exact) mass is 315 g/mol. The van der Waals surface area contributed by atoms with Crippen molar-refractivity contribution in [1.82, 2.24) is 14.5 Å². The maximum absolute atomic E-state index is 12.7. The molecule has 1 N–H and O–H groups in total. The van der Waals surface area contributed by atoms with Crippen molar-refractivity contribution in [2.24, 2.45) is 0 Å². The second-order valence-electron chi connectivity index (χ2n) is 6.14. The van der Waals surface area contributed by atoms with Crippen LogP contribution < -0.4 is 5.56 Å². The van der Waals surface area contributed by atoms with E-state index in [1.54, 1.807) is 17.9 Å². The van der Waals surface area contributed by atoms with Crippen LogP contribution in [0.25, 0.3) is 11.0 Å². The lowest BCUT2D eigenvalue weighted by Gasteiger charge is -2.26. The van der Waals surface area contributed by atoms with Crippen LogP contribution in [0.4, 0.5) is 0 Å². The number of benzene rings is 1. The number of para-hydroxylation sites is 2. The molecular formula is C17H21N3O3. The Morgan fingerprint density at radius 1 is 1.43 bits per heavy atom. The number of fused-ring (bicyclic) bond motifs is 1. The number of carbonyl (C=O) groups excluding carboxylic acids is 1. The zero-order chi connectivity index (χ0) is 16.4. The van der Waals surface area contributed by atoms with Gasteiger partial charge in [0.05, 0.1) is 23.3 Å². The standard InChI is InChI=1S/C17H21N3O3/c1-12(21)9-13-5-4-8-19(13)17(23)11-20-15-7-3-2-6-14(15)18-10-16(20)22/h2-3,6-7,10,12-13,21H,4-5,8-9,11H2,1H3. The Bertz CT molecular complexity index is 769. The number of amides is 1. The van der Waals surface area contributed by atoms with Gasteiger partial charge in [0, 0.05) is 12.6 Å². The fourth-order valence-corrected chi connectivity index (χ4v) is 3.31. The van der Waals surface area contributed by atoms with Crippen LogP contribution in [0.3, 0.4) is 0 Å². The molecule has 2 unspecified atom stereocenters. The molecule has 0 bridgehead atoms. The molecule has 1 aliphatic heterocycles. The summed E-state index contributed by atoms with van der Waals surface area (Å²) in [5.74, 6) is -0.0772. The Labute approximate surface area is 134 Å².